The van der Waals surface area contributed by atoms with E-state index < -0.39 is 17.8 Å². The van der Waals surface area contributed by atoms with Gasteiger partial charge in [0.1, 0.15) is 5.69 Å². The first-order valence-electron chi connectivity index (χ1n) is 6.62. The maximum absolute atomic E-state index is 13.3. The summed E-state index contributed by atoms with van der Waals surface area (Å²) >= 11 is 1.51. The molecule has 0 saturated heterocycles. The van der Waals surface area contributed by atoms with Gasteiger partial charge in [0.15, 0.2) is 5.69 Å². The van der Waals surface area contributed by atoms with Crippen LogP contribution in [-0.2, 0) is 13.2 Å². The van der Waals surface area contributed by atoms with Gasteiger partial charge >= 0.3 is 6.18 Å². The van der Waals surface area contributed by atoms with Crippen molar-refractivity contribution in [1.82, 2.24) is 9.78 Å². The Balaban J connectivity index is 2.35. The van der Waals surface area contributed by atoms with Crippen LogP contribution in [0, 0.1) is 6.92 Å². The van der Waals surface area contributed by atoms with Crippen LogP contribution in [0.1, 0.15) is 21.7 Å². The maximum atomic E-state index is 13.3. The van der Waals surface area contributed by atoms with Gasteiger partial charge in [-0.25, -0.2) is 0 Å². The third kappa shape index (κ3) is 2.48. The van der Waals surface area contributed by atoms with Crippen molar-refractivity contribution in [3.05, 3.63) is 40.5 Å². The van der Waals surface area contributed by atoms with Crippen molar-refractivity contribution in [3.63, 3.8) is 0 Å². The van der Waals surface area contributed by atoms with E-state index in [9.17, 15) is 18.0 Å². The molecule has 2 N–H and O–H groups in total. The van der Waals surface area contributed by atoms with Gasteiger partial charge in [0.05, 0.1) is 0 Å². The maximum Gasteiger partial charge on any atom is 0.435 e. The van der Waals surface area contributed by atoms with Crippen LogP contribution in [0.4, 0.5) is 13.2 Å². The van der Waals surface area contributed by atoms with E-state index in [2.05, 4.69) is 5.10 Å². The SMILES string of the molecule is Cc1csc2ccc(-c3c(C(F)(F)F)nn(C)c3C(N)=O)cc12. The second-order valence-corrected chi connectivity index (χ2v) is 6.10. The lowest BCUT2D eigenvalue weighted by Crippen LogP contribution is -2.16. The molecule has 0 spiro atoms. The van der Waals surface area contributed by atoms with Crippen LogP contribution in [0.2, 0.25) is 0 Å². The van der Waals surface area contributed by atoms with Crippen LogP contribution in [0.15, 0.2) is 23.6 Å². The molecule has 4 nitrogen and oxygen atoms in total. The second-order valence-electron chi connectivity index (χ2n) is 5.19. The van der Waals surface area contributed by atoms with Crippen molar-refractivity contribution in [2.75, 3.05) is 0 Å². The Labute approximate surface area is 133 Å². The van der Waals surface area contributed by atoms with Gasteiger partial charge in [-0.05, 0) is 40.9 Å². The fraction of sp³-hybridized carbons (Fsp3) is 0.200. The van der Waals surface area contributed by atoms with Crippen molar-refractivity contribution in [2.24, 2.45) is 12.8 Å². The molecular formula is C15H12F3N3OS. The van der Waals surface area contributed by atoms with E-state index in [-0.39, 0.29) is 16.8 Å². The van der Waals surface area contributed by atoms with Crippen LogP contribution in [0.5, 0.6) is 0 Å². The van der Waals surface area contributed by atoms with Crippen molar-refractivity contribution in [3.8, 4) is 11.1 Å². The van der Waals surface area contributed by atoms with Crippen molar-refractivity contribution in [1.29, 1.82) is 0 Å². The summed E-state index contributed by atoms with van der Waals surface area (Å²) in [4.78, 5) is 11.6. The molecule has 0 atom stereocenters. The molecular weight excluding hydrogens is 327 g/mol. The lowest BCUT2D eigenvalue weighted by Gasteiger charge is -2.08. The summed E-state index contributed by atoms with van der Waals surface area (Å²) in [6, 6.07) is 4.93. The number of carbonyl (C=O) groups is 1. The van der Waals surface area contributed by atoms with Crippen LogP contribution >= 0.6 is 11.3 Å². The zero-order valence-corrected chi connectivity index (χ0v) is 13.0. The number of primary amides is 1. The molecule has 3 aromatic rings. The van der Waals surface area contributed by atoms with Gasteiger partial charge in [0.25, 0.3) is 5.91 Å². The zero-order valence-electron chi connectivity index (χ0n) is 12.2. The number of rotatable bonds is 2. The average molecular weight is 339 g/mol. The molecule has 8 heteroatoms. The highest BCUT2D eigenvalue weighted by atomic mass is 32.1. The van der Waals surface area contributed by atoms with E-state index in [0.717, 1.165) is 20.3 Å². The van der Waals surface area contributed by atoms with E-state index in [1.165, 1.54) is 18.4 Å². The summed E-state index contributed by atoms with van der Waals surface area (Å²) in [6.07, 6.45) is -4.68. The highest BCUT2D eigenvalue weighted by Gasteiger charge is 2.40. The molecule has 120 valence electrons. The number of halogens is 3. The fourth-order valence-electron chi connectivity index (χ4n) is 2.59. The summed E-state index contributed by atoms with van der Waals surface area (Å²) < 4.78 is 41.7. The minimum Gasteiger partial charge on any atom is -0.364 e. The molecule has 1 amide bonds. The van der Waals surface area contributed by atoms with Crippen LogP contribution in [-0.4, -0.2) is 15.7 Å². The number of carbonyl (C=O) groups excluding carboxylic acids is 1. The molecule has 0 aliphatic heterocycles. The van der Waals surface area contributed by atoms with E-state index >= 15 is 0 Å². The normalized spacial score (nSPS) is 12.0. The largest absolute Gasteiger partial charge is 0.435 e. The van der Waals surface area contributed by atoms with Crippen LogP contribution in [0.3, 0.4) is 0 Å². The minimum atomic E-state index is -4.68. The topological polar surface area (TPSA) is 60.9 Å². The molecule has 0 saturated carbocycles. The van der Waals surface area contributed by atoms with Gasteiger partial charge in [-0.3, -0.25) is 9.48 Å². The van der Waals surface area contributed by atoms with E-state index in [0.29, 0.717) is 0 Å². The number of fused-ring (bicyclic) bond motifs is 1. The van der Waals surface area contributed by atoms with Crippen molar-refractivity contribution < 1.29 is 18.0 Å². The number of aryl methyl sites for hydroxylation is 2. The number of nitrogens with zero attached hydrogens (tertiary/aromatic N) is 2. The van der Waals surface area contributed by atoms with Gasteiger partial charge in [-0.2, -0.15) is 18.3 Å². The van der Waals surface area contributed by atoms with Gasteiger partial charge in [0.2, 0.25) is 0 Å². The summed E-state index contributed by atoms with van der Waals surface area (Å²) in [7, 11) is 1.27. The Bertz CT molecular complexity index is 924. The number of benzene rings is 1. The van der Waals surface area contributed by atoms with Gasteiger partial charge in [0, 0.05) is 17.3 Å². The summed E-state index contributed by atoms with van der Waals surface area (Å²) in [5.74, 6) is -0.951. The molecule has 2 heterocycles. The highest BCUT2D eigenvalue weighted by Crippen LogP contribution is 2.40. The van der Waals surface area contributed by atoms with Crippen LogP contribution in [0.25, 0.3) is 21.2 Å². The molecule has 23 heavy (non-hydrogen) atoms. The van der Waals surface area contributed by atoms with E-state index in [1.54, 1.807) is 18.2 Å². The first kappa shape index (κ1) is 15.5. The third-order valence-corrected chi connectivity index (χ3v) is 4.69. The fourth-order valence-corrected chi connectivity index (χ4v) is 3.51. The highest BCUT2D eigenvalue weighted by molar-refractivity contribution is 7.17. The summed E-state index contributed by atoms with van der Waals surface area (Å²) in [5, 5.41) is 6.24. The monoisotopic (exact) mass is 339 g/mol. The number of thiophene rings is 1. The first-order valence-corrected chi connectivity index (χ1v) is 7.50. The zero-order chi connectivity index (χ0) is 16.9. The number of nitrogens with two attached hydrogens (primary N) is 1. The molecule has 2 aromatic heterocycles. The Morgan fingerprint density at radius 3 is 2.65 bits per heavy atom. The molecule has 0 aliphatic carbocycles. The number of hydrogen-bond donors (Lipinski definition) is 1. The Hall–Kier alpha value is -2.35. The first-order chi connectivity index (χ1) is 10.7. The second kappa shape index (κ2) is 5.09. The molecule has 3 rings (SSSR count). The number of aromatic nitrogens is 2. The van der Waals surface area contributed by atoms with Crippen LogP contribution < -0.4 is 5.73 Å². The predicted molar refractivity (Wildman–Crippen MR) is 82.3 cm³/mol. The molecule has 0 unspecified atom stereocenters. The minimum absolute atomic E-state index is 0.260. The molecule has 0 radical (unpaired) electrons. The standard InChI is InChI=1S/C15H12F3N3OS/c1-7-6-23-10-4-3-8(5-9(7)10)11-12(14(19)22)21(2)20-13(11)15(16,17)18/h3-6H,1-2H3,(H2,19,22). The van der Waals surface area contributed by atoms with Gasteiger partial charge in [-0.1, -0.05) is 6.07 Å². The average Bonchev–Trinajstić information content (AvgIpc) is 2.99. The van der Waals surface area contributed by atoms with Gasteiger partial charge < -0.3 is 5.73 Å². The van der Waals surface area contributed by atoms with E-state index in [1.807, 2.05) is 12.3 Å². The molecule has 0 bridgehead atoms. The molecule has 0 aliphatic rings. The van der Waals surface area contributed by atoms with Gasteiger partial charge in [-0.15, -0.1) is 11.3 Å². The lowest BCUT2D eigenvalue weighted by atomic mass is 10.00. The number of amides is 1. The number of alkyl halides is 3. The molecule has 0 fully saturated rings. The molecule has 1 aromatic carbocycles. The Kier molecular flexibility index (Phi) is 3.44. The van der Waals surface area contributed by atoms with Crippen molar-refractivity contribution in [2.45, 2.75) is 13.1 Å². The Morgan fingerprint density at radius 2 is 2.04 bits per heavy atom. The summed E-state index contributed by atoms with van der Waals surface area (Å²) in [5.41, 5.74) is 4.85. The number of hydrogen-bond acceptors (Lipinski definition) is 3. The summed E-state index contributed by atoms with van der Waals surface area (Å²) in [6.45, 7) is 1.88. The van der Waals surface area contributed by atoms with E-state index in [4.69, 9.17) is 5.73 Å². The lowest BCUT2D eigenvalue weighted by molar-refractivity contribution is -0.140. The Morgan fingerprint density at radius 1 is 1.35 bits per heavy atom. The predicted octanol–water partition coefficient (Wildman–Crippen LogP) is 3.73. The quantitative estimate of drug-likeness (QED) is 0.773. The van der Waals surface area contributed by atoms with Crippen molar-refractivity contribution >= 4 is 27.3 Å². The third-order valence-electron chi connectivity index (χ3n) is 3.60. The smallest absolute Gasteiger partial charge is 0.364 e.